The SMILES string of the molecule is Cn1ncc2c1OCCN1CCCCC(C)(C1)n1c(nc3ccc(N4CCOCC4)cc31)NC(=O)c1cc-2c(=O)n(C)c1. The van der Waals surface area contributed by atoms with Crippen molar-refractivity contribution in [3.63, 3.8) is 0 Å². The van der Waals surface area contributed by atoms with Crippen molar-refractivity contribution in [3.05, 3.63) is 52.6 Å². The minimum absolute atomic E-state index is 0.231. The summed E-state index contributed by atoms with van der Waals surface area (Å²) in [7, 11) is 3.45. The van der Waals surface area contributed by atoms with Gasteiger partial charge in [0.1, 0.15) is 6.61 Å². The first-order valence-corrected chi connectivity index (χ1v) is 15.1. The number of benzene rings is 1. The standard InChI is InChI=1S/C31H38N8O4/c1-31-8-4-5-9-37(20-31)10-15-43-29-24(18-32-36(29)3)23-16-21(19-35(2)28(23)41)27(40)34-30-33-25-7-6-22(17-26(25)39(30)31)38-11-13-42-14-12-38/h6-7,16-19H,4-5,8-15,20H2,1-3H3,(H,33,34,40). The minimum atomic E-state index is -0.343. The van der Waals surface area contributed by atoms with Crippen LogP contribution >= 0.6 is 0 Å². The van der Waals surface area contributed by atoms with E-state index in [1.54, 1.807) is 37.2 Å². The van der Waals surface area contributed by atoms with Crippen LogP contribution in [0.4, 0.5) is 11.6 Å². The molecule has 12 nitrogen and oxygen atoms in total. The number of aromatic nitrogens is 5. The lowest BCUT2D eigenvalue weighted by atomic mass is 9.95. The van der Waals surface area contributed by atoms with Crippen molar-refractivity contribution in [2.45, 2.75) is 31.7 Å². The molecule has 0 spiro atoms. The van der Waals surface area contributed by atoms with E-state index in [1.165, 1.54) is 4.57 Å². The molecule has 1 N–H and O–H groups in total. The Hall–Kier alpha value is -4.16. The van der Waals surface area contributed by atoms with Gasteiger partial charge in [0.15, 0.2) is 0 Å². The lowest BCUT2D eigenvalue weighted by molar-refractivity contribution is 0.102. The fourth-order valence-electron chi connectivity index (χ4n) is 6.82. The van der Waals surface area contributed by atoms with Crippen LogP contribution in [0.1, 0.15) is 36.5 Å². The maximum Gasteiger partial charge on any atom is 0.259 e. The van der Waals surface area contributed by atoms with Crippen molar-refractivity contribution in [3.8, 4) is 17.0 Å². The molecule has 0 radical (unpaired) electrons. The second-order valence-corrected chi connectivity index (χ2v) is 12.1. The number of aryl methyl sites for hydroxylation is 2. The number of morpholine rings is 1. The van der Waals surface area contributed by atoms with Crippen LogP contribution in [0.15, 0.2) is 41.5 Å². The van der Waals surface area contributed by atoms with Crippen LogP contribution in [-0.4, -0.2) is 87.3 Å². The van der Waals surface area contributed by atoms with Gasteiger partial charge in [0.25, 0.3) is 11.5 Å². The quantitative estimate of drug-likeness (QED) is 0.363. The van der Waals surface area contributed by atoms with Crippen molar-refractivity contribution >= 4 is 28.6 Å². The lowest BCUT2D eigenvalue weighted by Gasteiger charge is -2.36. The molecule has 0 saturated carbocycles. The van der Waals surface area contributed by atoms with Crippen molar-refractivity contribution in [2.24, 2.45) is 14.1 Å². The van der Waals surface area contributed by atoms with Crippen LogP contribution in [0.3, 0.4) is 0 Å². The number of amides is 1. The highest BCUT2D eigenvalue weighted by Crippen LogP contribution is 2.37. The van der Waals surface area contributed by atoms with Crippen molar-refractivity contribution < 1.29 is 14.3 Å². The Balaban J connectivity index is 1.40. The van der Waals surface area contributed by atoms with E-state index < -0.39 is 0 Å². The molecule has 2 fully saturated rings. The molecule has 12 heteroatoms. The van der Waals surface area contributed by atoms with Crippen LogP contribution < -0.4 is 20.5 Å². The molecule has 43 heavy (non-hydrogen) atoms. The van der Waals surface area contributed by atoms with Gasteiger partial charge in [0.05, 0.1) is 52.7 Å². The molecule has 4 aromatic rings. The van der Waals surface area contributed by atoms with Gasteiger partial charge in [0.2, 0.25) is 11.8 Å². The topological polar surface area (TPSA) is 112 Å². The second kappa shape index (κ2) is 10.8. The van der Waals surface area contributed by atoms with E-state index >= 15 is 0 Å². The van der Waals surface area contributed by atoms with Gasteiger partial charge in [-0.1, -0.05) is 0 Å². The van der Waals surface area contributed by atoms with E-state index in [0.717, 1.165) is 62.2 Å². The Morgan fingerprint density at radius 1 is 0.977 bits per heavy atom. The van der Waals surface area contributed by atoms with Gasteiger partial charge >= 0.3 is 0 Å². The summed E-state index contributed by atoms with van der Waals surface area (Å²) >= 11 is 0. The zero-order valence-corrected chi connectivity index (χ0v) is 25.0. The third-order valence-corrected chi connectivity index (χ3v) is 9.05. The lowest BCUT2D eigenvalue weighted by Crippen LogP contribution is -2.43. The normalized spacial score (nSPS) is 22.9. The zero-order chi connectivity index (χ0) is 29.7. The number of hydrogen-bond acceptors (Lipinski definition) is 8. The molecule has 1 amide bonds. The van der Waals surface area contributed by atoms with E-state index in [0.29, 0.717) is 54.9 Å². The van der Waals surface area contributed by atoms with E-state index in [9.17, 15) is 9.59 Å². The first-order valence-electron chi connectivity index (χ1n) is 15.1. The number of pyridine rings is 1. The predicted octanol–water partition coefficient (Wildman–Crippen LogP) is 2.82. The number of carbonyl (C=O) groups is 1. The Kier molecular flexibility index (Phi) is 6.97. The first kappa shape index (κ1) is 27.7. The largest absolute Gasteiger partial charge is 0.476 e. The molecule has 1 aromatic carbocycles. The van der Waals surface area contributed by atoms with Gasteiger partial charge in [-0.15, -0.1) is 0 Å². The first-order chi connectivity index (χ1) is 20.8. The summed E-state index contributed by atoms with van der Waals surface area (Å²) in [6, 6.07) is 7.98. The Morgan fingerprint density at radius 2 is 1.81 bits per heavy atom. The molecule has 0 aliphatic carbocycles. The summed E-state index contributed by atoms with van der Waals surface area (Å²) in [6.45, 7) is 8.23. The number of rotatable bonds is 1. The van der Waals surface area contributed by atoms with Gasteiger partial charge in [-0.2, -0.15) is 5.10 Å². The summed E-state index contributed by atoms with van der Waals surface area (Å²) < 4.78 is 17.2. The van der Waals surface area contributed by atoms with Crippen molar-refractivity contribution in [2.75, 3.05) is 62.8 Å². The van der Waals surface area contributed by atoms with Gasteiger partial charge in [0, 0.05) is 52.2 Å². The van der Waals surface area contributed by atoms with E-state index in [4.69, 9.17) is 14.5 Å². The van der Waals surface area contributed by atoms with Gasteiger partial charge in [-0.3, -0.25) is 19.8 Å². The highest BCUT2D eigenvalue weighted by molar-refractivity contribution is 6.04. The maximum atomic E-state index is 13.9. The minimum Gasteiger partial charge on any atom is -0.476 e. The number of anilines is 2. The Bertz CT molecular complexity index is 1750. The molecule has 4 bridgehead atoms. The predicted molar refractivity (Wildman–Crippen MR) is 164 cm³/mol. The highest BCUT2D eigenvalue weighted by Gasteiger charge is 2.36. The Labute approximate surface area is 249 Å². The third-order valence-electron chi connectivity index (χ3n) is 9.05. The molecule has 3 aromatic heterocycles. The number of nitrogens with one attached hydrogen (secondary N) is 1. The fraction of sp³-hybridized carbons (Fsp3) is 0.484. The van der Waals surface area contributed by atoms with Crippen molar-refractivity contribution in [1.82, 2.24) is 28.8 Å². The number of nitrogens with zero attached hydrogens (tertiary/aromatic N) is 7. The number of fused-ring (bicyclic) bond motifs is 10. The van der Waals surface area contributed by atoms with Gasteiger partial charge < -0.3 is 23.5 Å². The number of ether oxygens (including phenoxy) is 2. The van der Waals surface area contributed by atoms with Crippen molar-refractivity contribution in [1.29, 1.82) is 0 Å². The molecule has 2 atom stereocenters. The average molecular weight is 587 g/mol. The number of imidazole rings is 1. The number of carbonyl (C=O) groups excluding carboxylic acids is 1. The fourth-order valence-corrected chi connectivity index (χ4v) is 6.82. The molecular weight excluding hydrogens is 548 g/mol. The summed E-state index contributed by atoms with van der Waals surface area (Å²) in [5, 5.41) is 7.52. The highest BCUT2D eigenvalue weighted by atomic mass is 16.5. The molecule has 2 saturated heterocycles. The van der Waals surface area contributed by atoms with Crippen LogP contribution in [0.2, 0.25) is 0 Å². The maximum absolute atomic E-state index is 13.9. The van der Waals surface area contributed by atoms with E-state index in [-0.39, 0.29) is 17.0 Å². The molecular formula is C31H38N8O4. The van der Waals surface area contributed by atoms with E-state index in [2.05, 4.69) is 43.8 Å². The Morgan fingerprint density at radius 3 is 2.65 bits per heavy atom. The van der Waals surface area contributed by atoms with Crippen LogP contribution in [-0.2, 0) is 24.4 Å². The third kappa shape index (κ3) is 4.98. The molecule has 226 valence electrons. The summed E-state index contributed by atoms with van der Waals surface area (Å²) in [6.07, 6.45) is 6.26. The number of hydrogen-bond donors (Lipinski definition) is 1. The molecule has 3 aliphatic rings. The van der Waals surface area contributed by atoms with Crippen LogP contribution in [0.25, 0.3) is 22.2 Å². The van der Waals surface area contributed by atoms with Crippen LogP contribution in [0, 0.1) is 0 Å². The van der Waals surface area contributed by atoms with Gasteiger partial charge in [-0.05, 0) is 57.0 Å². The molecule has 7 rings (SSSR count). The molecule has 3 aliphatic heterocycles. The monoisotopic (exact) mass is 586 g/mol. The zero-order valence-electron chi connectivity index (χ0n) is 25.0. The molecule has 6 heterocycles. The van der Waals surface area contributed by atoms with Crippen LogP contribution in [0.5, 0.6) is 5.88 Å². The van der Waals surface area contributed by atoms with Gasteiger partial charge in [-0.25, -0.2) is 9.67 Å². The summed E-state index contributed by atoms with van der Waals surface area (Å²) in [5.74, 6) is 0.681. The summed E-state index contributed by atoms with van der Waals surface area (Å²) in [4.78, 5) is 37.0. The summed E-state index contributed by atoms with van der Waals surface area (Å²) in [5.41, 5.74) is 3.64. The van der Waals surface area contributed by atoms with E-state index in [1.807, 2.05) is 6.07 Å². The second-order valence-electron chi connectivity index (χ2n) is 12.1. The average Bonchev–Trinajstić information content (AvgIpc) is 3.48. The smallest absolute Gasteiger partial charge is 0.259 e. The molecule has 2 unspecified atom stereocenters.